The van der Waals surface area contributed by atoms with Crippen LogP contribution >= 0.6 is 0 Å². The molecular weight excluding hydrogens is 216 g/mol. The number of likely N-dealkylation sites (N-methyl/N-ethyl adjacent to an activating group) is 1. The van der Waals surface area contributed by atoms with E-state index in [1.807, 2.05) is 0 Å². The fourth-order valence-corrected chi connectivity index (χ4v) is 2.65. The van der Waals surface area contributed by atoms with Gasteiger partial charge < -0.3 is 15.6 Å². The van der Waals surface area contributed by atoms with Crippen LogP contribution in [0, 0.1) is 5.92 Å². The average molecular weight is 244 g/mol. The van der Waals surface area contributed by atoms with Crippen LogP contribution in [0.4, 0.5) is 0 Å². The molecule has 4 nitrogen and oxygen atoms in total. The quantitative estimate of drug-likeness (QED) is 0.651. The molecule has 1 aliphatic carbocycles. The minimum atomic E-state index is 0.100. The number of rotatable bonds is 7. The highest BCUT2D eigenvalue weighted by molar-refractivity contribution is 4.94. The first-order chi connectivity index (χ1) is 8.14. The van der Waals surface area contributed by atoms with Crippen LogP contribution in [0.5, 0.6) is 0 Å². The van der Waals surface area contributed by atoms with Crippen molar-refractivity contribution in [3.05, 3.63) is 0 Å². The lowest BCUT2D eigenvalue weighted by Crippen LogP contribution is -2.54. The molecule has 0 aromatic rings. The van der Waals surface area contributed by atoms with E-state index in [-0.39, 0.29) is 12.1 Å². The molecule has 0 unspecified atom stereocenters. The number of hydrogen-bond donors (Lipinski definition) is 2. The van der Waals surface area contributed by atoms with Crippen molar-refractivity contribution in [1.82, 2.24) is 4.90 Å². The van der Waals surface area contributed by atoms with Crippen molar-refractivity contribution in [2.75, 3.05) is 40.0 Å². The van der Waals surface area contributed by atoms with Gasteiger partial charge in [-0.15, -0.1) is 0 Å². The van der Waals surface area contributed by atoms with Gasteiger partial charge in [0.05, 0.1) is 19.8 Å². The van der Waals surface area contributed by atoms with Gasteiger partial charge in [0.15, 0.2) is 0 Å². The summed E-state index contributed by atoms with van der Waals surface area (Å²) >= 11 is 0. The normalized spacial score (nSPS) is 29.8. The Hall–Kier alpha value is -0.160. The zero-order valence-electron chi connectivity index (χ0n) is 11.3. The Morgan fingerprint density at radius 2 is 2.00 bits per heavy atom. The van der Waals surface area contributed by atoms with E-state index in [2.05, 4.69) is 18.9 Å². The lowest BCUT2D eigenvalue weighted by atomic mass is 9.76. The molecule has 0 bridgehead atoms. The summed E-state index contributed by atoms with van der Waals surface area (Å²) < 4.78 is 5.32. The molecule has 3 N–H and O–H groups in total. The van der Waals surface area contributed by atoms with Crippen LogP contribution in [0.3, 0.4) is 0 Å². The fourth-order valence-electron chi connectivity index (χ4n) is 2.65. The first kappa shape index (κ1) is 14.9. The highest BCUT2D eigenvalue weighted by Gasteiger charge is 2.36. The molecule has 1 rings (SSSR count). The van der Waals surface area contributed by atoms with Crippen molar-refractivity contribution in [2.45, 2.75) is 38.1 Å². The third-order valence-corrected chi connectivity index (χ3v) is 4.20. The second-order valence-electron chi connectivity index (χ2n) is 5.37. The highest BCUT2D eigenvalue weighted by atomic mass is 16.5. The summed E-state index contributed by atoms with van der Waals surface area (Å²) in [6, 6.07) is 0. The van der Waals surface area contributed by atoms with Crippen LogP contribution in [-0.2, 0) is 4.74 Å². The standard InChI is InChI=1S/C13H28N2O2/c1-12-3-5-13(11-14,6-4-12)15(2)7-9-17-10-8-16/h12,16H,3-11,14H2,1-2H3. The second-order valence-corrected chi connectivity index (χ2v) is 5.37. The van der Waals surface area contributed by atoms with Gasteiger partial charge in [-0.2, -0.15) is 0 Å². The predicted octanol–water partition coefficient (Wildman–Crippen LogP) is 0.835. The van der Waals surface area contributed by atoms with Gasteiger partial charge in [0.1, 0.15) is 0 Å². The summed E-state index contributed by atoms with van der Waals surface area (Å²) in [6.45, 7) is 5.16. The van der Waals surface area contributed by atoms with Crippen molar-refractivity contribution in [3.8, 4) is 0 Å². The van der Waals surface area contributed by atoms with E-state index in [0.29, 0.717) is 13.2 Å². The average Bonchev–Trinajstić information content (AvgIpc) is 2.36. The number of nitrogens with two attached hydrogens (primary N) is 1. The molecule has 0 spiro atoms. The first-order valence-corrected chi connectivity index (χ1v) is 6.74. The molecule has 0 amide bonds. The Morgan fingerprint density at radius 1 is 1.35 bits per heavy atom. The predicted molar refractivity (Wildman–Crippen MR) is 70.0 cm³/mol. The highest BCUT2D eigenvalue weighted by Crippen LogP contribution is 2.34. The SMILES string of the molecule is CC1CCC(CN)(N(C)CCOCCO)CC1. The zero-order valence-corrected chi connectivity index (χ0v) is 11.3. The summed E-state index contributed by atoms with van der Waals surface area (Å²) in [5, 5.41) is 8.65. The van der Waals surface area contributed by atoms with Crippen LogP contribution in [0.25, 0.3) is 0 Å². The van der Waals surface area contributed by atoms with Crippen LogP contribution < -0.4 is 5.73 Å². The van der Waals surface area contributed by atoms with E-state index < -0.39 is 0 Å². The molecule has 102 valence electrons. The van der Waals surface area contributed by atoms with Crippen LogP contribution in [0.1, 0.15) is 32.6 Å². The van der Waals surface area contributed by atoms with Crippen LogP contribution in [0.2, 0.25) is 0 Å². The lowest BCUT2D eigenvalue weighted by molar-refractivity contribution is 0.0258. The summed E-state index contributed by atoms with van der Waals surface area (Å²) in [7, 11) is 2.14. The molecule has 17 heavy (non-hydrogen) atoms. The van der Waals surface area contributed by atoms with Crippen LogP contribution in [0.15, 0.2) is 0 Å². The Labute approximate surface area is 105 Å². The monoisotopic (exact) mass is 244 g/mol. The summed E-state index contributed by atoms with van der Waals surface area (Å²) in [4.78, 5) is 2.36. The Balaban J connectivity index is 2.37. The molecule has 0 aliphatic heterocycles. The summed E-state index contributed by atoms with van der Waals surface area (Å²) in [6.07, 6.45) is 4.94. The van der Waals surface area contributed by atoms with E-state index in [9.17, 15) is 0 Å². The largest absolute Gasteiger partial charge is 0.394 e. The molecule has 0 aromatic carbocycles. The minimum Gasteiger partial charge on any atom is -0.394 e. The number of aliphatic hydroxyl groups is 1. The molecule has 0 aromatic heterocycles. The number of aliphatic hydroxyl groups excluding tert-OH is 1. The molecule has 0 atom stereocenters. The second kappa shape index (κ2) is 7.31. The van der Waals surface area contributed by atoms with E-state index in [1.165, 1.54) is 25.7 Å². The maximum atomic E-state index is 8.65. The van der Waals surface area contributed by atoms with Crippen molar-refractivity contribution in [1.29, 1.82) is 0 Å². The van der Waals surface area contributed by atoms with E-state index in [0.717, 1.165) is 19.0 Å². The Kier molecular flexibility index (Phi) is 6.41. The number of nitrogens with zero attached hydrogens (tertiary/aromatic N) is 1. The molecule has 1 saturated carbocycles. The van der Waals surface area contributed by atoms with Crippen molar-refractivity contribution in [2.24, 2.45) is 11.7 Å². The smallest absolute Gasteiger partial charge is 0.0698 e. The van der Waals surface area contributed by atoms with Crippen molar-refractivity contribution in [3.63, 3.8) is 0 Å². The lowest BCUT2D eigenvalue weighted by Gasteiger charge is -2.45. The molecule has 4 heteroatoms. The summed E-state index contributed by atoms with van der Waals surface area (Å²) in [5.41, 5.74) is 6.17. The zero-order chi connectivity index (χ0) is 12.7. The van der Waals surface area contributed by atoms with Gasteiger partial charge in [0.2, 0.25) is 0 Å². The van der Waals surface area contributed by atoms with E-state index >= 15 is 0 Å². The first-order valence-electron chi connectivity index (χ1n) is 6.74. The molecule has 0 saturated heterocycles. The topological polar surface area (TPSA) is 58.7 Å². The molecule has 0 radical (unpaired) electrons. The van der Waals surface area contributed by atoms with Gasteiger partial charge in [-0.25, -0.2) is 0 Å². The van der Waals surface area contributed by atoms with Gasteiger partial charge in [0.25, 0.3) is 0 Å². The van der Waals surface area contributed by atoms with Gasteiger partial charge >= 0.3 is 0 Å². The number of ether oxygens (including phenoxy) is 1. The van der Waals surface area contributed by atoms with Gasteiger partial charge in [-0.05, 0) is 38.6 Å². The van der Waals surface area contributed by atoms with Gasteiger partial charge in [-0.1, -0.05) is 6.92 Å². The van der Waals surface area contributed by atoms with Crippen molar-refractivity contribution >= 4 is 0 Å². The third kappa shape index (κ3) is 4.21. The molecule has 0 heterocycles. The van der Waals surface area contributed by atoms with Gasteiger partial charge in [0, 0.05) is 18.6 Å². The fraction of sp³-hybridized carbons (Fsp3) is 1.00. The molecular formula is C13H28N2O2. The minimum absolute atomic E-state index is 0.100. The van der Waals surface area contributed by atoms with E-state index in [1.54, 1.807) is 0 Å². The Morgan fingerprint density at radius 3 is 2.53 bits per heavy atom. The van der Waals surface area contributed by atoms with Crippen molar-refractivity contribution < 1.29 is 9.84 Å². The van der Waals surface area contributed by atoms with Crippen LogP contribution in [-0.4, -0.2) is 55.5 Å². The summed E-state index contributed by atoms with van der Waals surface area (Å²) in [5.74, 6) is 0.841. The maximum Gasteiger partial charge on any atom is 0.0698 e. The van der Waals surface area contributed by atoms with E-state index in [4.69, 9.17) is 15.6 Å². The number of hydrogen-bond acceptors (Lipinski definition) is 4. The molecule has 1 aliphatic rings. The molecule has 1 fully saturated rings. The Bertz CT molecular complexity index is 204. The van der Waals surface area contributed by atoms with Gasteiger partial charge in [-0.3, -0.25) is 4.90 Å². The maximum absolute atomic E-state index is 8.65. The third-order valence-electron chi connectivity index (χ3n) is 4.20.